The van der Waals surface area contributed by atoms with Crippen molar-refractivity contribution in [2.45, 2.75) is 12.5 Å². The minimum Gasteiger partial charge on any atom is -0.497 e. The Bertz CT molecular complexity index is 583. The third-order valence-corrected chi connectivity index (χ3v) is 3.15. The Morgan fingerprint density at radius 2 is 2.17 bits per heavy atom. The van der Waals surface area contributed by atoms with E-state index < -0.39 is 0 Å². The zero-order valence-electron chi connectivity index (χ0n) is 10.7. The molecule has 0 aliphatic rings. The van der Waals surface area contributed by atoms with Gasteiger partial charge in [-0.15, -0.1) is 6.42 Å². The van der Waals surface area contributed by atoms with Gasteiger partial charge in [-0.3, -0.25) is 0 Å². The molecule has 0 spiro atoms. The monoisotopic (exact) mass is 239 g/mol. The lowest BCUT2D eigenvalue weighted by atomic mass is 9.99. The van der Waals surface area contributed by atoms with Gasteiger partial charge in [0.25, 0.3) is 0 Å². The number of nitrogens with one attached hydrogen (secondary N) is 1. The van der Waals surface area contributed by atoms with E-state index in [1.54, 1.807) is 7.11 Å². The molecular weight excluding hydrogens is 222 g/mol. The van der Waals surface area contributed by atoms with Crippen molar-refractivity contribution in [1.82, 2.24) is 5.32 Å². The lowest BCUT2D eigenvalue weighted by Gasteiger charge is -2.12. The molecular formula is C16H17NO. The minimum absolute atomic E-state index is 0.0572. The van der Waals surface area contributed by atoms with Crippen molar-refractivity contribution >= 4 is 10.8 Å². The topological polar surface area (TPSA) is 21.3 Å². The summed E-state index contributed by atoms with van der Waals surface area (Å²) >= 11 is 0. The molecule has 0 fully saturated rings. The maximum atomic E-state index is 5.49. The minimum atomic E-state index is 0.0572. The lowest BCUT2D eigenvalue weighted by molar-refractivity contribution is 0.415. The van der Waals surface area contributed by atoms with Crippen LogP contribution in [0.3, 0.4) is 0 Å². The Morgan fingerprint density at radius 3 is 2.83 bits per heavy atom. The van der Waals surface area contributed by atoms with Gasteiger partial charge in [0, 0.05) is 0 Å². The Labute approximate surface area is 108 Å². The van der Waals surface area contributed by atoms with Gasteiger partial charge in [-0.25, -0.2) is 0 Å². The number of fused-ring (bicyclic) bond motifs is 1. The predicted molar refractivity (Wildman–Crippen MR) is 75.9 cm³/mol. The smallest absolute Gasteiger partial charge is 0.119 e. The van der Waals surface area contributed by atoms with Crippen LogP contribution in [-0.2, 0) is 6.42 Å². The van der Waals surface area contributed by atoms with Gasteiger partial charge in [0.1, 0.15) is 5.75 Å². The van der Waals surface area contributed by atoms with Crippen molar-refractivity contribution in [3.8, 4) is 18.1 Å². The van der Waals surface area contributed by atoms with E-state index in [1.807, 2.05) is 13.1 Å². The van der Waals surface area contributed by atoms with Crippen molar-refractivity contribution in [2.24, 2.45) is 0 Å². The molecule has 2 heteroatoms. The molecule has 18 heavy (non-hydrogen) atoms. The van der Waals surface area contributed by atoms with E-state index >= 15 is 0 Å². The molecule has 0 radical (unpaired) electrons. The molecule has 92 valence electrons. The molecule has 0 aliphatic heterocycles. The number of likely N-dealkylation sites (N-methyl/N-ethyl adjacent to an activating group) is 1. The number of benzene rings is 2. The van der Waals surface area contributed by atoms with E-state index in [2.05, 4.69) is 41.6 Å². The first kappa shape index (κ1) is 12.5. The Balaban J connectivity index is 2.46. The fourth-order valence-electron chi connectivity index (χ4n) is 2.09. The highest BCUT2D eigenvalue weighted by atomic mass is 16.5. The molecule has 0 amide bonds. The number of ether oxygens (including phenoxy) is 1. The summed E-state index contributed by atoms with van der Waals surface area (Å²) < 4.78 is 5.28. The number of hydrogen-bond acceptors (Lipinski definition) is 2. The zero-order valence-corrected chi connectivity index (χ0v) is 10.7. The van der Waals surface area contributed by atoms with Crippen molar-refractivity contribution in [3.05, 3.63) is 42.0 Å². The third kappa shape index (κ3) is 2.47. The van der Waals surface area contributed by atoms with Crippen molar-refractivity contribution in [3.63, 3.8) is 0 Å². The maximum Gasteiger partial charge on any atom is 0.119 e. The summed E-state index contributed by atoms with van der Waals surface area (Å²) in [6.45, 7) is 0. The number of methoxy groups -OCH3 is 1. The van der Waals surface area contributed by atoms with E-state index in [-0.39, 0.29) is 6.04 Å². The Morgan fingerprint density at radius 1 is 1.33 bits per heavy atom. The van der Waals surface area contributed by atoms with Gasteiger partial charge >= 0.3 is 0 Å². The molecule has 0 heterocycles. The predicted octanol–water partition coefficient (Wildman–Crippen LogP) is 2.61. The van der Waals surface area contributed by atoms with Gasteiger partial charge in [-0.05, 0) is 41.9 Å². The molecule has 0 bridgehead atoms. The summed E-state index contributed by atoms with van der Waals surface area (Å²) in [4.78, 5) is 0. The summed E-state index contributed by atoms with van der Waals surface area (Å²) in [5, 5.41) is 5.54. The number of terminal acetylenes is 1. The van der Waals surface area contributed by atoms with Gasteiger partial charge in [0.05, 0.1) is 13.2 Å². The van der Waals surface area contributed by atoms with E-state index in [0.717, 1.165) is 12.2 Å². The quantitative estimate of drug-likeness (QED) is 0.828. The highest BCUT2D eigenvalue weighted by Crippen LogP contribution is 2.24. The first-order valence-corrected chi connectivity index (χ1v) is 5.97. The van der Waals surface area contributed by atoms with Crippen molar-refractivity contribution in [2.75, 3.05) is 14.2 Å². The van der Waals surface area contributed by atoms with Crippen LogP contribution in [0.1, 0.15) is 5.56 Å². The van der Waals surface area contributed by atoms with Crippen LogP contribution >= 0.6 is 0 Å². The Hall–Kier alpha value is -1.98. The largest absolute Gasteiger partial charge is 0.497 e. The standard InChI is InChI=1S/C16H17NO/c1-4-14(17-2)10-13-7-5-6-12-8-9-15(18-3)11-16(12)13/h1,5-9,11,14,17H,10H2,2-3H3. The van der Waals surface area contributed by atoms with E-state index in [9.17, 15) is 0 Å². The number of rotatable bonds is 4. The van der Waals surface area contributed by atoms with E-state index in [1.165, 1.54) is 16.3 Å². The van der Waals surface area contributed by atoms with Crippen molar-refractivity contribution in [1.29, 1.82) is 0 Å². The van der Waals surface area contributed by atoms with Crippen LogP contribution in [0, 0.1) is 12.3 Å². The van der Waals surface area contributed by atoms with Crippen LogP contribution in [0.15, 0.2) is 36.4 Å². The van der Waals surface area contributed by atoms with E-state index in [0.29, 0.717) is 0 Å². The average molecular weight is 239 g/mol. The van der Waals surface area contributed by atoms with Crippen LogP contribution in [0.4, 0.5) is 0 Å². The second-order valence-electron chi connectivity index (χ2n) is 4.22. The second kappa shape index (κ2) is 5.57. The molecule has 0 aromatic heterocycles. The summed E-state index contributed by atoms with van der Waals surface area (Å²) in [6, 6.07) is 12.4. The maximum absolute atomic E-state index is 5.49. The molecule has 0 saturated carbocycles. The van der Waals surface area contributed by atoms with Crippen LogP contribution in [0.5, 0.6) is 5.75 Å². The molecule has 1 N–H and O–H groups in total. The zero-order chi connectivity index (χ0) is 13.0. The summed E-state index contributed by atoms with van der Waals surface area (Å²) in [5.41, 5.74) is 1.24. The highest BCUT2D eigenvalue weighted by Gasteiger charge is 2.07. The molecule has 2 nitrogen and oxygen atoms in total. The van der Waals surface area contributed by atoms with Gasteiger partial charge in [-0.1, -0.05) is 30.2 Å². The molecule has 2 rings (SSSR count). The fourth-order valence-corrected chi connectivity index (χ4v) is 2.09. The average Bonchev–Trinajstić information content (AvgIpc) is 2.44. The SMILES string of the molecule is C#CC(Cc1cccc2ccc(OC)cc12)NC. The Kier molecular flexibility index (Phi) is 3.86. The van der Waals surface area contributed by atoms with Crippen LogP contribution in [-0.4, -0.2) is 20.2 Å². The summed E-state index contributed by atoms with van der Waals surface area (Å²) in [6.07, 6.45) is 6.31. The first-order valence-electron chi connectivity index (χ1n) is 5.97. The van der Waals surface area contributed by atoms with Crippen LogP contribution < -0.4 is 10.1 Å². The second-order valence-corrected chi connectivity index (χ2v) is 4.22. The molecule has 2 aromatic rings. The molecule has 1 unspecified atom stereocenters. The van der Waals surface area contributed by atoms with E-state index in [4.69, 9.17) is 11.2 Å². The summed E-state index contributed by atoms with van der Waals surface area (Å²) in [7, 11) is 3.57. The molecule has 2 aromatic carbocycles. The molecule has 0 saturated heterocycles. The van der Waals surface area contributed by atoms with Gasteiger partial charge in [-0.2, -0.15) is 0 Å². The fraction of sp³-hybridized carbons (Fsp3) is 0.250. The normalized spacial score (nSPS) is 12.1. The van der Waals surface area contributed by atoms with Crippen LogP contribution in [0.25, 0.3) is 10.8 Å². The molecule has 1 atom stereocenters. The number of hydrogen-bond donors (Lipinski definition) is 1. The highest BCUT2D eigenvalue weighted by molar-refractivity contribution is 5.87. The summed E-state index contributed by atoms with van der Waals surface area (Å²) in [5.74, 6) is 3.62. The van der Waals surface area contributed by atoms with Crippen LogP contribution in [0.2, 0.25) is 0 Å². The van der Waals surface area contributed by atoms with Crippen molar-refractivity contribution < 1.29 is 4.74 Å². The van der Waals surface area contributed by atoms with Gasteiger partial charge in [0.2, 0.25) is 0 Å². The van der Waals surface area contributed by atoms with Gasteiger partial charge in [0.15, 0.2) is 0 Å². The first-order chi connectivity index (χ1) is 8.78. The third-order valence-electron chi connectivity index (χ3n) is 3.15. The lowest BCUT2D eigenvalue weighted by Crippen LogP contribution is -2.25. The molecule has 0 aliphatic carbocycles. The van der Waals surface area contributed by atoms with Gasteiger partial charge < -0.3 is 10.1 Å².